The minimum absolute atomic E-state index is 0.578. The number of hydrogen-bond acceptors (Lipinski definition) is 1. The van der Waals surface area contributed by atoms with Crippen molar-refractivity contribution in [2.24, 2.45) is 17.8 Å². The van der Waals surface area contributed by atoms with Crippen LogP contribution in [0.2, 0.25) is 0 Å². The monoisotopic (exact) mass is 271 g/mol. The largest absolute Gasteiger partial charge is 0.310 e. The lowest BCUT2D eigenvalue weighted by molar-refractivity contribution is 0.252. The number of aryl methyl sites for hydroxylation is 3. The smallest absolute Gasteiger partial charge is 0.0354 e. The topological polar surface area (TPSA) is 12.0 Å². The number of benzene rings is 1. The summed E-state index contributed by atoms with van der Waals surface area (Å²) < 4.78 is 0. The average Bonchev–Trinajstić information content (AvgIpc) is 3.03. The molecule has 2 aliphatic rings. The molecule has 2 bridgehead atoms. The summed E-state index contributed by atoms with van der Waals surface area (Å²) in [5.41, 5.74) is 5.90. The Bertz CT molecular complexity index is 491. The van der Waals surface area contributed by atoms with Gasteiger partial charge in [0.25, 0.3) is 0 Å². The van der Waals surface area contributed by atoms with E-state index in [0.717, 1.165) is 24.3 Å². The van der Waals surface area contributed by atoms with Gasteiger partial charge >= 0.3 is 0 Å². The van der Waals surface area contributed by atoms with Crippen molar-refractivity contribution >= 4 is 0 Å². The maximum absolute atomic E-state index is 3.81. The lowest BCUT2D eigenvalue weighted by Crippen LogP contribution is -2.32. The third-order valence-electron chi connectivity index (χ3n) is 5.86. The molecular weight excluding hydrogens is 242 g/mol. The van der Waals surface area contributed by atoms with Crippen molar-refractivity contribution in [1.82, 2.24) is 5.32 Å². The molecule has 4 atom stereocenters. The number of hydrogen-bond donors (Lipinski definition) is 1. The molecule has 0 amide bonds. The maximum atomic E-state index is 3.81. The van der Waals surface area contributed by atoms with Gasteiger partial charge in [-0.25, -0.2) is 0 Å². The van der Waals surface area contributed by atoms with E-state index in [-0.39, 0.29) is 0 Å². The standard InChI is InChI=1S/C19H29N/c1-5-20-19(18-11-15-6-7-16(18)10-15)17-9-13(3)12(2)8-14(17)4/h8-9,15-16,18-20H,5-7,10-11H2,1-4H3. The Hall–Kier alpha value is -0.820. The molecule has 20 heavy (non-hydrogen) atoms. The van der Waals surface area contributed by atoms with E-state index in [2.05, 4.69) is 45.1 Å². The Morgan fingerprint density at radius 3 is 2.40 bits per heavy atom. The average molecular weight is 271 g/mol. The summed E-state index contributed by atoms with van der Waals surface area (Å²) in [5, 5.41) is 3.81. The molecule has 1 nitrogen and oxygen atoms in total. The Balaban J connectivity index is 1.92. The van der Waals surface area contributed by atoms with E-state index in [1.165, 1.54) is 42.4 Å². The molecule has 1 N–H and O–H groups in total. The fourth-order valence-electron chi connectivity index (χ4n) is 4.73. The first-order valence-corrected chi connectivity index (χ1v) is 8.41. The Labute approximate surface area is 124 Å². The highest BCUT2D eigenvalue weighted by molar-refractivity contribution is 5.38. The van der Waals surface area contributed by atoms with Crippen molar-refractivity contribution in [3.05, 3.63) is 34.4 Å². The third kappa shape index (κ3) is 2.41. The third-order valence-corrected chi connectivity index (χ3v) is 5.86. The molecule has 0 radical (unpaired) electrons. The summed E-state index contributed by atoms with van der Waals surface area (Å²) in [7, 11) is 0. The molecule has 0 heterocycles. The van der Waals surface area contributed by atoms with Crippen LogP contribution in [0.4, 0.5) is 0 Å². The maximum Gasteiger partial charge on any atom is 0.0354 e. The second kappa shape index (κ2) is 5.52. The van der Waals surface area contributed by atoms with Crippen LogP contribution in [0.5, 0.6) is 0 Å². The van der Waals surface area contributed by atoms with Crippen molar-refractivity contribution in [2.45, 2.75) is 59.4 Å². The highest BCUT2D eigenvalue weighted by Crippen LogP contribution is 2.52. The molecule has 0 saturated heterocycles. The lowest BCUT2D eigenvalue weighted by atomic mass is 9.79. The zero-order chi connectivity index (χ0) is 14.3. The van der Waals surface area contributed by atoms with Gasteiger partial charge in [0.2, 0.25) is 0 Å². The van der Waals surface area contributed by atoms with Crippen LogP contribution in [0.1, 0.15) is 60.9 Å². The van der Waals surface area contributed by atoms with Crippen LogP contribution in [0.3, 0.4) is 0 Å². The van der Waals surface area contributed by atoms with Gasteiger partial charge in [0.15, 0.2) is 0 Å². The quantitative estimate of drug-likeness (QED) is 0.837. The van der Waals surface area contributed by atoms with Crippen LogP contribution in [0, 0.1) is 38.5 Å². The molecular formula is C19H29N. The first kappa shape index (κ1) is 14.1. The summed E-state index contributed by atoms with van der Waals surface area (Å²) in [5.74, 6) is 2.87. The van der Waals surface area contributed by atoms with Gasteiger partial charge in [0, 0.05) is 6.04 Å². The predicted molar refractivity (Wildman–Crippen MR) is 86.0 cm³/mol. The predicted octanol–water partition coefficient (Wildman–Crippen LogP) is 4.70. The number of rotatable bonds is 4. The summed E-state index contributed by atoms with van der Waals surface area (Å²) in [6, 6.07) is 5.40. The molecule has 1 aromatic rings. The normalized spacial score (nSPS) is 29.9. The van der Waals surface area contributed by atoms with Crippen molar-refractivity contribution in [3.8, 4) is 0 Å². The van der Waals surface area contributed by atoms with Crippen LogP contribution in [-0.4, -0.2) is 6.54 Å². The minimum Gasteiger partial charge on any atom is -0.310 e. The van der Waals surface area contributed by atoms with Crippen LogP contribution >= 0.6 is 0 Å². The Morgan fingerprint density at radius 1 is 1.05 bits per heavy atom. The molecule has 0 aliphatic heterocycles. The van der Waals surface area contributed by atoms with Crippen molar-refractivity contribution in [2.75, 3.05) is 6.54 Å². The SMILES string of the molecule is CCNC(c1cc(C)c(C)cc1C)C1CC2CCC1C2. The fraction of sp³-hybridized carbons (Fsp3) is 0.684. The zero-order valence-corrected chi connectivity index (χ0v) is 13.5. The molecule has 1 aromatic carbocycles. The van der Waals surface area contributed by atoms with Gasteiger partial charge in [-0.2, -0.15) is 0 Å². The molecule has 2 saturated carbocycles. The van der Waals surface area contributed by atoms with Gasteiger partial charge in [-0.1, -0.05) is 25.5 Å². The fourth-order valence-corrected chi connectivity index (χ4v) is 4.73. The van der Waals surface area contributed by atoms with Crippen molar-refractivity contribution < 1.29 is 0 Å². The van der Waals surface area contributed by atoms with Crippen LogP contribution in [-0.2, 0) is 0 Å². The second-order valence-corrected chi connectivity index (χ2v) is 7.17. The lowest BCUT2D eigenvalue weighted by Gasteiger charge is -2.33. The van der Waals surface area contributed by atoms with Gasteiger partial charge < -0.3 is 5.32 Å². The zero-order valence-electron chi connectivity index (χ0n) is 13.5. The van der Waals surface area contributed by atoms with Gasteiger partial charge in [0.05, 0.1) is 0 Å². The summed E-state index contributed by atoms with van der Waals surface area (Å²) >= 11 is 0. The first-order valence-electron chi connectivity index (χ1n) is 8.41. The van der Waals surface area contributed by atoms with Crippen LogP contribution < -0.4 is 5.32 Å². The van der Waals surface area contributed by atoms with Gasteiger partial charge in [-0.15, -0.1) is 0 Å². The summed E-state index contributed by atoms with van der Waals surface area (Å²) in [6.45, 7) is 10.1. The first-order chi connectivity index (χ1) is 9.60. The molecule has 2 fully saturated rings. The van der Waals surface area contributed by atoms with Crippen molar-refractivity contribution in [1.29, 1.82) is 0 Å². The molecule has 3 rings (SSSR count). The van der Waals surface area contributed by atoms with Gasteiger partial charge in [0.1, 0.15) is 0 Å². The molecule has 2 aliphatic carbocycles. The number of fused-ring (bicyclic) bond motifs is 2. The second-order valence-electron chi connectivity index (χ2n) is 7.17. The van der Waals surface area contributed by atoms with E-state index in [0.29, 0.717) is 6.04 Å². The van der Waals surface area contributed by atoms with Gasteiger partial charge in [-0.3, -0.25) is 0 Å². The number of nitrogens with one attached hydrogen (secondary N) is 1. The minimum atomic E-state index is 0.578. The highest BCUT2D eigenvalue weighted by Gasteiger charge is 2.43. The van der Waals surface area contributed by atoms with Gasteiger partial charge in [-0.05, 0) is 86.6 Å². The Morgan fingerprint density at radius 2 is 1.80 bits per heavy atom. The van der Waals surface area contributed by atoms with E-state index >= 15 is 0 Å². The summed E-state index contributed by atoms with van der Waals surface area (Å²) in [4.78, 5) is 0. The molecule has 4 unspecified atom stereocenters. The van der Waals surface area contributed by atoms with E-state index in [4.69, 9.17) is 0 Å². The molecule has 0 spiro atoms. The van der Waals surface area contributed by atoms with E-state index in [1.807, 2.05) is 0 Å². The molecule has 1 heteroatoms. The van der Waals surface area contributed by atoms with E-state index in [9.17, 15) is 0 Å². The highest BCUT2D eigenvalue weighted by atomic mass is 14.9. The molecule has 110 valence electrons. The molecule has 0 aromatic heterocycles. The van der Waals surface area contributed by atoms with E-state index in [1.54, 1.807) is 5.56 Å². The van der Waals surface area contributed by atoms with Crippen LogP contribution in [0.25, 0.3) is 0 Å². The summed E-state index contributed by atoms with van der Waals surface area (Å²) in [6.07, 6.45) is 5.91. The van der Waals surface area contributed by atoms with E-state index < -0.39 is 0 Å². The van der Waals surface area contributed by atoms with Crippen molar-refractivity contribution in [3.63, 3.8) is 0 Å². The Kier molecular flexibility index (Phi) is 3.90. The van der Waals surface area contributed by atoms with Crippen LogP contribution in [0.15, 0.2) is 12.1 Å².